The van der Waals surface area contributed by atoms with E-state index in [4.69, 9.17) is 15.3 Å². The molecule has 0 aromatic heterocycles. The molecule has 98 valence electrons. The number of nitrogens with zero attached hydrogens (tertiary/aromatic N) is 3. The molecule has 0 aliphatic rings. The van der Waals surface area contributed by atoms with Crippen LogP contribution in [0.1, 0.15) is 32.1 Å². The van der Waals surface area contributed by atoms with Crippen molar-refractivity contribution in [2.45, 2.75) is 32.1 Å². The molecule has 0 spiro atoms. The molecule has 0 N–H and O–H groups in total. The molecule has 1 atom stereocenters. The van der Waals surface area contributed by atoms with Crippen molar-refractivity contribution >= 4 is 6.08 Å². The van der Waals surface area contributed by atoms with Crippen LogP contribution in [0, 0.1) is 29.0 Å². The number of isocyanates is 1. The Bertz CT molecular complexity index is 326. The van der Waals surface area contributed by atoms with Crippen LogP contribution >= 0.6 is 0 Å². The number of carbonyl (C=O) groups excluding carboxylic acids is 1. The molecular formula is C12H17N3O3. The fourth-order valence-electron chi connectivity index (χ4n) is 1.62. The number of aliphatic imine (C=N–C) groups is 1. The van der Waals surface area contributed by atoms with Crippen molar-refractivity contribution in [1.29, 1.82) is 10.5 Å². The Morgan fingerprint density at radius 2 is 1.78 bits per heavy atom. The SMILES string of the molecule is N#COCCCCC(CCCN=C=O)COC#N. The highest BCUT2D eigenvalue weighted by atomic mass is 16.5. The highest BCUT2D eigenvalue weighted by Gasteiger charge is 2.09. The van der Waals surface area contributed by atoms with E-state index < -0.39 is 0 Å². The quantitative estimate of drug-likeness (QED) is 0.242. The van der Waals surface area contributed by atoms with Crippen LogP contribution in [-0.4, -0.2) is 25.8 Å². The molecule has 0 radical (unpaired) electrons. The van der Waals surface area contributed by atoms with Crippen LogP contribution in [0.15, 0.2) is 4.99 Å². The van der Waals surface area contributed by atoms with E-state index in [1.807, 2.05) is 0 Å². The van der Waals surface area contributed by atoms with E-state index in [1.54, 1.807) is 12.5 Å². The Hall–Kier alpha value is -2.04. The summed E-state index contributed by atoms with van der Waals surface area (Å²) in [5.41, 5.74) is 0. The van der Waals surface area contributed by atoms with Crippen molar-refractivity contribution in [3.63, 3.8) is 0 Å². The van der Waals surface area contributed by atoms with Gasteiger partial charge in [0, 0.05) is 0 Å². The summed E-state index contributed by atoms with van der Waals surface area (Å²) in [4.78, 5) is 13.4. The van der Waals surface area contributed by atoms with Crippen LogP contribution in [0.3, 0.4) is 0 Å². The Kier molecular flexibility index (Phi) is 11.6. The van der Waals surface area contributed by atoms with E-state index in [9.17, 15) is 4.79 Å². The Morgan fingerprint density at radius 1 is 1.06 bits per heavy atom. The first-order chi connectivity index (χ1) is 8.85. The van der Waals surface area contributed by atoms with Crippen LogP contribution in [0.4, 0.5) is 0 Å². The van der Waals surface area contributed by atoms with Gasteiger partial charge in [-0.3, -0.25) is 0 Å². The largest absolute Gasteiger partial charge is 0.428 e. The van der Waals surface area contributed by atoms with Gasteiger partial charge < -0.3 is 9.47 Å². The molecule has 1 unspecified atom stereocenters. The van der Waals surface area contributed by atoms with E-state index in [-0.39, 0.29) is 5.92 Å². The Morgan fingerprint density at radius 3 is 2.44 bits per heavy atom. The maximum absolute atomic E-state index is 9.89. The maximum Gasteiger partial charge on any atom is 0.286 e. The van der Waals surface area contributed by atoms with Crippen molar-refractivity contribution in [3.8, 4) is 12.5 Å². The van der Waals surface area contributed by atoms with Gasteiger partial charge in [0.25, 0.3) is 12.5 Å². The van der Waals surface area contributed by atoms with Gasteiger partial charge in [-0.1, -0.05) is 0 Å². The predicted octanol–water partition coefficient (Wildman–Crippen LogP) is 1.88. The molecule has 0 rings (SSSR count). The molecule has 0 saturated carbocycles. The standard InChI is InChI=1S/C12H17N3O3/c13-9-17-7-2-1-4-12(8-18-10-14)5-3-6-15-11-16/h12H,1-8H2. The molecule has 6 heteroatoms. The van der Waals surface area contributed by atoms with Crippen LogP contribution in [0.2, 0.25) is 0 Å². The lowest BCUT2D eigenvalue weighted by molar-refractivity contribution is 0.188. The van der Waals surface area contributed by atoms with Crippen molar-refractivity contribution in [2.24, 2.45) is 10.9 Å². The van der Waals surface area contributed by atoms with Crippen molar-refractivity contribution in [2.75, 3.05) is 19.8 Å². The van der Waals surface area contributed by atoms with Crippen molar-refractivity contribution < 1.29 is 14.3 Å². The third-order valence-corrected chi connectivity index (χ3v) is 2.50. The molecule has 0 aromatic rings. The van der Waals surface area contributed by atoms with Crippen molar-refractivity contribution in [3.05, 3.63) is 0 Å². The van der Waals surface area contributed by atoms with E-state index in [0.717, 1.165) is 32.1 Å². The highest BCUT2D eigenvalue weighted by molar-refractivity contribution is 5.32. The number of unbranched alkanes of at least 4 members (excludes halogenated alkanes) is 1. The fourth-order valence-corrected chi connectivity index (χ4v) is 1.62. The maximum atomic E-state index is 9.89. The number of ether oxygens (including phenoxy) is 2. The molecule has 0 aliphatic heterocycles. The zero-order valence-electron chi connectivity index (χ0n) is 10.3. The summed E-state index contributed by atoms with van der Waals surface area (Å²) in [7, 11) is 0. The molecule has 0 aromatic carbocycles. The summed E-state index contributed by atoms with van der Waals surface area (Å²) in [6, 6.07) is 0. The second kappa shape index (κ2) is 13.0. The van der Waals surface area contributed by atoms with E-state index in [2.05, 4.69) is 9.73 Å². The predicted molar refractivity (Wildman–Crippen MR) is 62.7 cm³/mol. The van der Waals surface area contributed by atoms with Gasteiger partial charge in [-0.2, -0.15) is 10.5 Å². The number of nitriles is 2. The molecule has 0 aliphatic carbocycles. The van der Waals surface area contributed by atoms with Gasteiger partial charge in [0.1, 0.15) is 13.2 Å². The fraction of sp³-hybridized carbons (Fsp3) is 0.750. The summed E-state index contributed by atoms with van der Waals surface area (Å²) in [5.74, 6) is 0.272. The average Bonchev–Trinajstić information content (AvgIpc) is 2.39. The van der Waals surface area contributed by atoms with E-state index >= 15 is 0 Å². The number of rotatable bonds is 11. The number of hydrogen-bond acceptors (Lipinski definition) is 6. The van der Waals surface area contributed by atoms with Gasteiger partial charge in [0.2, 0.25) is 6.08 Å². The minimum atomic E-state index is 0.272. The topological polar surface area (TPSA) is 95.5 Å². The first-order valence-electron chi connectivity index (χ1n) is 5.90. The second-order valence-corrected chi connectivity index (χ2v) is 3.82. The van der Waals surface area contributed by atoms with Crippen LogP contribution in [0.5, 0.6) is 0 Å². The van der Waals surface area contributed by atoms with Gasteiger partial charge in [-0.25, -0.2) is 9.79 Å². The van der Waals surface area contributed by atoms with Gasteiger partial charge in [0.05, 0.1) is 6.54 Å². The normalized spacial score (nSPS) is 10.6. The van der Waals surface area contributed by atoms with Gasteiger partial charge in [0.15, 0.2) is 0 Å². The van der Waals surface area contributed by atoms with E-state index in [0.29, 0.717) is 19.8 Å². The summed E-state index contributed by atoms with van der Waals surface area (Å²) in [5, 5.41) is 16.6. The summed E-state index contributed by atoms with van der Waals surface area (Å²) in [6.45, 7) is 1.28. The first kappa shape index (κ1) is 16.0. The molecule has 0 fully saturated rings. The first-order valence-corrected chi connectivity index (χ1v) is 5.90. The van der Waals surface area contributed by atoms with Crippen molar-refractivity contribution in [1.82, 2.24) is 0 Å². The summed E-state index contributed by atoms with van der Waals surface area (Å²) in [6.07, 6.45) is 9.04. The summed E-state index contributed by atoms with van der Waals surface area (Å²) < 4.78 is 9.32. The highest BCUT2D eigenvalue weighted by Crippen LogP contribution is 2.15. The second-order valence-electron chi connectivity index (χ2n) is 3.82. The van der Waals surface area contributed by atoms with Crippen LogP contribution in [-0.2, 0) is 14.3 Å². The third-order valence-electron chi connectivity index (χ3n) is 2.50. The minimum Gasteiger partial charge on any atom is -0.428 e. The zero-order valence-corrected chi connectivity index (χ0v) is 10.3. The van der Waals surface area contributed by atoms with Gasteiger partial charge in [-0.05, 0) is 38.0 Å². The monoisotopic (exact) mass is 251 g/mol. The lowest BCUT2D eigenvalue weighted by Crippen LogP contribution is -2.09. The molecule has 18 heavy (non-hydrogen) atoms. The lowest BCUT2D eigenvalue weighted by atomic mass is 9.97. The third kappa shape index (κ3) is 10.5. The Balaban J connectivity index is 3.73. The molecular weight excluding hydrogens is 234 g/mol. The molecule has 0 amide bonds. The number of hydrogen-bond donors (Lipinski definition) is 0. The van der Waals surface area contributed by atoms with Crippen LogP contribution < -0.4 is 0 Å². The summed E-state index contributed by atoms with van der Waals surface area (Å²) >= 11 is 0. The smallest absolute Gasteiger partial charge is 0.286 e. The van der Waals surface area contributed by atoms with Crippen LogP contribution in [0.25, 0.3) is 0 Å². The zero-order chi connectivity index (χ0) is 13.5. The molecule has 0 bridgehead atoms. The van der Waals surface area contributed by atoms with Gasteiger partial charge in [-0.15, -0.1) is 0 Å². The molecule has 6 nitrogen and oxygen atoms in total. The molecule has 0 heterocycles. The van der Waals surface area contributed by atoms with E-state index in [1.165, 1.54) is 6.08 Å². The molecule has 0 saturated heterocycles. The Labute approximate surface area is 107 Å². The minimum absolute atomic E-state index is 0.272. The average molecular weight is 251 g/mol. The van der Waals surface area contributed by atoms with Gasteiger partial charge >= 0.3 is 0 Å². The lowest BCUT2D eigenvalue weighted by Gasteiger charge is -2.13.